The Kier molecular flexibility index (Phi) is 3.26. The van der Waals surface area contributed by atoms with Crippen LogP contribution in [0.15, 0.2) is 33.9 Å². The van der Waals surface area contributed by atoms with Crippen LogP contribution in [-0.2, 0) is 16.6 Å². The van der Waals surface area contributed by atoms with Crippen LogP contribution in [0.4, 0.5) is 0 Å². The first kappa shape index (κ1) is 13.8. The van der Waals surface area contributed by atoms with Gasteiger partial charge < -0.3 is 9.51 Å². The lowest BCUT2D eigenvalue weighted by Gasteiger charge is -2.06. The van der Waals surface area contributed by atoms with Crippen molar-refractivity contribution in [3.63, 3.8) is 0 Å². The van der Waals surface area contributed by atoms with Crippen molar-refractivity contribution in [3.05, 3.63) is 41.5 Å². The van der Waals surface area contributed by atoms with E-state index >= 15 is 0 Å². The molecule has 0 spiro atoms. The van der Waals surface area contributed by atoms with Gasteiger partial charge in [0.1, 0.15) is 10.6 Å². The summed E-state index contributed by atoms with van der Waals surface area (Å²) in [5.41, 5.74) is 2.89. The van der Waals surface area contributed by atoms with Crippen molar-refractivity contribution < 1.29 is 12.9 Å². The second-order valence-electron chi connectivity index (χ2n) is 4.73. The van der Waals surface area contributed by atoms with Crippen molar-refractivity contribution in [3.8, 4) is 0 Å². The highest BCUT2D eigenvalue weighted by Crippen LogP contribution is 2.19. The molecule has 0 amide bonds. The van der Waals surface area contributed by atoms with Gasteiger partial charge in [-0.25, -0.2) is 18.1 Å². The van der Waals surface area contributed by atoms with E-state index in [4.69, 9.17) is 4.52 Å². The molecule has 0 radical (unpaired) electrons. The molecule has 0 saturated heterocycles. The molecule has 2 heterocycles. The van der Waals surface area contributed by atoms with Crippen LogP contribution in [0.5, 0.6) is 0 Å². The molecule has 1 aromatic carbocycles. The molecule has 0 unspecified atom stereocenters. The van der Waals surface area contributed by atoms with Gasteiger partial charge in [-0.05, 0) is 31.5 Å². The number of fused-ring (bicyclic) bond motifs is 1. The summed E-state index contributed by atoms with van der Waals surface area (Å²) in [4.78, 5) is 7.21. The first-order chi connectivity index (χ1) is 9.97. The Morgan fingerprint density at radius 1 is 1.33 bits per heavy atom. The lowest BCUT2D eigenvalue weighted by atomic mass is 10.2. The minimum Gasteiger partial charge on any atom is -0.360 e. The molecule has 0 fully saturated rings. The van der Waals surface area contributed by atoms with Gasteiger partial charge in [-0.3, -0.25) is 0 Å². The number of nitrogens with one attached hydrogen (secondary N) is 2. The average Bonchev–Trinajstić information content (AvgIpc) is 3.02. The molecule has 21 heavy (non-hydrogen) atoms. The second kappa shape index (κ2) is 4.97. The number of aryl methyl sites for hydroxylation is 2. The molecular formula is C13H14N4O3S. The van der Waals surface area contributed by atoms with Crippen molar-refractivity contribution in [1.82, 2.24) is 19.8 Å². The first-order valence-electron chi connectivity index (χ1n) is 6.32. The van der Waals surface area contributed by atoms with Crippen LogP contribution < -0.4 is 4.72 Å². The standard InChI is InChI=1S/C13H14N4O3S/c1-8-13(9(2)20-17-8)21(18,19)16-6-10-3-4-11-12(5-10)15-7-14-11/h3-5,7,16H,6H2,1-2H3,(H,14,15). The average molecular weight is 306 g/mol. The minimum atomic E-state index is -3.65. The predicted molar refractivity (Wildman–Crippen MR) is 76.1 cm³/mol. The maximum atomic E-state index is 12.3. The third-order valence-electron chi connectivity index (χ3n) is 3.19. The quantitative estimate of drug-likeness (QED) is 0.763. The zero-order valence-electron chi connectivity index (χ0n) is 11.5. The molecule has 0 aliphatic rings. The molecule has 8 heteroatoms. The van der Waals surface area contributed by atoms with Crippen LogP contribution in [-0.4, -0.2) is 23.5 Å². The smallest absolute Gasteiger partial charge is 0.246 e. The highest BCUT2D eigenvalue weighted by atomic mass is 32.2. The molecule has 2 aromatic heterocycles. The molecule has 110 valence electrons. The maximum absolute atomic E-state index is 12.3. The van der Waals surface area contributed by atoms with Crippen LogP contribution in [0.25, 0.3) is 11.0 Å². The molecule has 3 rings (SSSR count). The monoisotopic (exact) mass is 306 g/mol. The molecule has 7 nitrogen and oxygen atoms in total. The lowest BCUT2D eigenvalue weighted by Crippen LogP contribution is -2.24. The second-order valence-corrected chi connectivity index (χ2v) is 6.44. The fraction of sp³-hybridized carbons (Fsp3) is 0.231. The summed E-state index contributed by atoms with van der Waals surface area (Å²) in [6, 6.07) is 5.53. The Hall–Kier alpha value is -2.19. The third-order valence-corrected chi connectivity index (χ3v) is 4.83. The van der Waals surface area contributed by atoms with Gasteiger partial charge in [0.05, 0.1) is 17.4 Å². The molecule has 0 bridgehead atoms. The molecule has 0 aliphatic carbocycles. The largest absolute Gasteiger partial charge is 0.360 e. The van der Waals surface area contributed by atoms with Crippen molar-refractivity contribution >= 4 is 21.1 Å². The number of H-pyrrole nitrogens is 1. The number of aromatic nitrogens is 3. The Morgan fingerprint density at radius 2 is 2.14 bits per heavy atom. The zero-order valence-corrected chi connectivity index (χ0v) is 12.4. The van der Waals surface area contributed by atoms with Gasteiger partial charge in [-0.2, -0.15) is 0 Å². The van der Waals surface area contributed by atoms with Crippen LogP contribution in [0.3, 0.4) is 0 Å². The first-order valence-corrected chi connectivity index (χ1v) is 7.80. The SMILES string of the molecule is Cc1noc(C)c1S(=O)(=O)NCc1ccc2nc[nH]c2c1. The number of sulfonamides is 1. The number of imidazole rings is 1. The third kappa shape index (κ3) is 2.55. The predicted octanol–water partition coefficient (Wildman–Crippen LogP) is 1.65. The highest BCUT2D eigenvalue weighted by Gasteiger charge is 2.23. The van der Waals surface area contributed by atoms with Gasteiger partial charge in [-0.15, -0.1) is 0 Å². The number of aromatic amines is 1. The fourth-order valence-corrected chi connectivity index (χ4v) is 3.54. The Morgan fingerprint density at radius 3 is 2.86 bits per heavy atom. The number of nitrogens with zero attached hydrogens (tertiary/aromatic N) is 2. The summed E-state index contributed by atoms with van der Waals surface area (Å²) in [7, 11) is -3.65. The van der Waals surface area contributed by atoms with E-state index < -0.39 is 10.0 Å². The van der Waals surface area contributed by atoms with Crippen molar-refractivity contribution in [2.45, 2.75) is 25.3 Å². The number of benzene rings is 1. The van der Waals surface area contributed by atoms with Gasteiger partial charge in [0.15, 0.2) is 5.76 Å². The van der Waals surface area contributed by atoms with E-state index in [1.54, 1.807) is 20.2 Å². The highest BCUT2D eigenvalue weighted by molar-refractivity contribution is 7.89. The molecular weight excluding hydrogens is 292 g/mol. The summed E-state index contributed by atoms with van der Waals surface area (Å²) in [6.45, 7) is 3.36. The van der Waals surface area contributed by atoms with Crippen LogP contribution in [0, 0.1) is 13.8 Å². The van der Waals surface area contributed by atoms with Crippen LogP contribution in [0.1, 0.15) is 17.0 Å². The van der Waals surface area contributed by atoms with E-state index in [1.807, 2.05) is 18.2 Å². The van der Waals surface area contributed by atoms with Crippen molar-refractivity contribution in [2.24, 2.45) is 0 Å². The summed E-state index contributed by atoms with van der Waals surface area (Å²) in [5, 5.41) is 3.66. The molecule has 0 aliphatic heterocycles. The normalized spacial score (nSPS) is 12.1. The van der Waals surface area contributed by atoms with Gasteiger partial charge in [-0.1, -0.05) is 11.2 Å². The fourth-order valence-electron chi connectivity index (χ4n) is 2.20. The van der Waals surface area contributed by atoms with Crippen LogP contribution >= 0.6 is 0 Å². The molecule has 0 saturated carbocycles. The van der Waals surface area contributed by atoms with Crippen LogP contribution in [0.2, 0.25) is 0 Å². The lowest BCUT2D eigenvalue weighted by molar-refractivity contribution is 0.390. The number of hydrogen-bond donors (Lipinski definition) is 2. The molecule has 0 atom stereocenters. The van der Waals surface area contributed by atoms with E-state index in [1.165, 1.54) is 0 Å². The Bertz CT molecular complexity index is 876. The van der Waals surface area contributed by atoms with Gasteiger partial charge in [0.25, 0.3) is 0 Å². The minimum absolute atomic E-state index is 0.102. The Labute approximate surface area is 121 Å². The Balaban J connectivity index is 1.83. The topological polar surface area (TPSA) is 101 Å². The van der Waals surface area contributed by atoms with E-state index in [0.717, 1.165) is 16.6 Å². The van der Waals surface area contributed by atoms with Gasteiger partial charge in [0, 0.05) is 6.54 Å². The van der Waals surface area contributed by atoms with Gasteiger partial charge >= 0.3 is 0 Å². The van der Waals surface area contributed by atoms with E-state index in [-0.39, 0.29) is 17.2 Å². The van der Waals surface area contributed by atoms with E-state index in [9.17, 15) is 8.42 Å². The van der Waals surface area contributed by atoms with Crippen molar-refractivity contribution in [1.29, 1.82) is 0 Å². The number of hydrogen-bond acceptors (Lipinski definition) is 5. The van der Waals surface area contributed by atoms with Crippen molar-refractivity contribution in [2.75, 3.05) is 0 Å². The zero-order chi connectivity index (χ0) is 15.0. The van der Waals surface area contributed by atoms with E-state index in [2.05, 4.69) is 19.8 Å². The molecule has 2 N–H and O–H groups in total. The summed E-state index contributed by atoms with van der Waals surface area (Å²) < 4.78 is 32.0. The van der Waals surface area contributed by atoms with E-state index in [0.29, 0.717) is 5.69 Å². The summed E-state index contributed by atoms with van der Waals surface area (Å²) in [6.07, 6.45) is 1.60. The summed E-state index contributed by atoms with van der Waals surface area (Å²) >= 11 is 0. The van der Waals surface area contributed by atoms with Gasteiger partial charge in [0.2, 0.25) is 10.0 Å². The maximum Gasteiger partial charge on any atom is 0.246 e. The summed E-state index contributed by atoms with van der Waals surface area (Å²) in [5.74, 6) is 0.282. The molecule has 3 aromatic rings. The number of rotatable bonds is 4.